The number of pyridine rings is 1. The molecule has 7 heteroatoms. The van der Waals surface area contributed by atoms with E-state index in [4.69, 9.17) is 18.9 Å². The highest BCUT2D eigenvalue weighted by molar-refractivity contribution is 6.02. The standard InChI is InChI=1S/C24H24N2O5/c1-28-21-13-17(14-22(29-2)24(21)30-3)10-11-23(27)26-18-8-6-9-20(15-18)31-16-19-7-4-5-12-25-19/h4-15H,16H2,1-3H3,(H,26,27)/b11-10+. The molecule has 0 saturated carbocycles. The lowest BCUT2D eigenvalue weighted by atomic mass is 10.1. The summed E-state index contributed by atoms with van der Waals surface area (Å²) in [5.41, 5.74) is 2.18. The number of nitrogens with one attached hydrogen (secondary N) is 1. The third-order valence-corrected chi connectivity index (χ3v) is 4.33. The van der Waals surface area contributed by atoms with Crippen LogP contribution < -0.4 is 24.3 Å². The Bertz CT molecular complexity index is 1030. The molecule has 0 unspecified atom stereocenters. The van der Waals surface area contributed by atoms with Crippen molar-refractivity contribution < 1.29 is 23.7 Å². The third-order valence-electron chi connectivity index (χ3n) is 4.33. The maximum Gasteiger partial charge on any atom is 0.248 e. The molecule has 1 heterocycles. The minimum Gasteiger partial charge on any atom is -0.493 e. The lowest BCUT2D eigenvalue weighted by Gasteiger charge is -2.12. The van der Waals surface area contributed by atoms with Gasteiger partial charge in [-0.05, 0) is 48.0 Å². The van der Waals surface area contributed by atoms with Crippen molar-refractivity contribution >= 4 is 17.7 Å². The molecule has 0 fully saturated rings. The van der Waals surface area contributed by atoms with Gasteiger partial charge in [0.2, 0.25) is 11.7 Å². The molecular weight excluding hydrogens is 396 g/mol. The Morgan fingerprint density at radius 1 is 0.968 bits per heavy atom. The summed E-state index contributed by atoms with van der Waals surface area (Å²) in [6, 6.07) is 16.4. The molecule has 1 amide bonds. The summed E-state index contributed by atoms with van der Waals surface area (Å²) in [7, 11) is 4.62. The third kappa shape index (κ3) is 5.99. The molecule has 0 saturated heterocycles. The van der Waals surface area contributed by atoms with Crippen molar-refractivity contribution in [2.75, 3.05) is 26.6 Å². The molecule has 0 bridgehead atoms. The highest BCUT2D eigenvalue weighted by Crippen LogP contribution is 2.38. The number of amides is 1. The Morgan fingerprint density at radius 2 is 1.74 bits per heavy atom. The molecule has 0 radical (unpaired) electrons. The molecule has 31 heavy (non-hydrogen) atoms. The van der Waals surface area contributed by atoms with Crippen LogP contribution in [0, 0.1) is 0 Å². The first-order valence-electron chi connectivity index (χ1n) is 9.54. The number of aromatic nitrogens is 1. The molecule has 1 aromatic heterocycles. The monoisotopic (exact) mass is 420 g/mol. The average Bonchev–Trinajstić information content (AvgIpc) is 2.81. The fraction of sp³-hybridized carbons (Fsp3) is 0.167. The Kier molecular flexibility index (Phi) is 7.48. The molecule has 0 atom stereocenters. The molecular formula is C24H24N2O5. The summed E-state index contributed by atoms with van der Waals surface area (Å²) < 4.78 is 21.7. The van der Waals surface area contributed by atoms with E-state index in [2.05, 4.69) is 10.3 Å². The van der Waals surface area contributed by atoms with Crippen LogP contribution in [0.2, 0.25) is 0 Å². The highest BCUT2D eigenvalue weighted by Gasteiger charge is 2.12. The second kappa shape index (κ2) is 10.7. The second-order valence-electron chi connectivity index (χ2n) is 6.42. The van der Waals surface area contributed by atoms with Crippen LogP contribution in [-0.4, -0.2) is 32.2 Å². The number of ether oxygens (including phenoxy) is 4. The Balaban J connectivity index is 1.65. The number of benzene rings is 2. The molecule has 0 spiro atoms. The van der Waals surface area contributed by atoms with Crippen molar-refractivity contribution in [2.24, 2.45) is 0 Å². The van der Waals surface area contributed by atoms with E-state index in [1.165, 1.54) is 13.2 Å². The van der Waals surface area contributed by atoms with Crippen molar-refractivity contribution in [1.82, 2.24) is 4.98 Å². The summed E-state index contributed by atoms with van der Waals surface area (Å²) in [6.07, 6.45) is 4.82. The largest absolute Gasteiger partial charge is 0.493 e. The first-order valence-corrected chi connectivity index (χ1v) is 9.54. The van der Waals surface area contributed by atoms with Gasteiger partial charge in [-0.2, -0.15) is 0 Å². The van der Waals surface area contributed by atoms with Crippen LogP contribution in [0.4, 0.5) is 5.69 Å². The van der Waals surface area contributed by atoms with E-state index in [-0.39, 0.29) is 5.91 Å². The predicted octanol–water partition coefficient (Wildman–Crippen LogP) is 4.34. The lowest BCUT2D eigenvalue weighted by molar-refractivity contribution is -0.111. The van der Waals surface area contributed by atoms with Gasteiger partial charge in [-0.1, -0.05) is 12.1 Å². The zero-order valence-corrected chi connectivity index (χ0v) is 17.6. The van der Waals surface area contributed by atoms with E-state index in [1.54, 1.807) is 50.8 Å². The fourth-order valence-electron chi connectivity index (χ4n) is 2.86. The topological polar surface area (TPSA) is 78.9 Å². The number of nitrogens with zero attached hydrogens (tertiary/aromatic N) is 1. The molecule has 1 N–H and O–H groups in total. The number of hydrogen-bond acceptors (Lipinski definition) is 6. The first kappa shape index (κ1) is 21.7. The van der Waals surface area contributed by atoms with Gasteiger partial charge in [0.25, 0.3) is 0 Å². The highest BCUT2D eigenvalue weighted by atomic mass is 16.5. The second-order valence-corrected chi connectivity index (χ2v) is 6.42. The van der Waals surface area contributed by atoms with Gasteiger partial charge in [-0.25, -0.2) is 0 Å². The molecule has 3 aromatic rings. The quantitative estimate of drug-likeness (QED) is 0.519. The van der Waals surface area contributed by atoms with Gasteiger partial charge >= 0.3 is 0 Å². The molecule has 3 rings (SSSR count). The van der Waals surface area contributed by atoms with Gasteiger partial charge in [-0.3, -0.25) is 9.78 Å². The SMILES string of the molecule is COc1cc(/C=C/C(=O)Nc2cccc(OCc3ccccn3)c2)cc(OC)c1OC. The summed E-state index contributed by atoms with van der Waals surface area (Å²) >= 11 is 0. The van der Waals surface area contributed by atoms with Gasteiger partial charge in [0.05, 0.1) is 27.0 Å². The van der Waals surface area contributed by atoms with Crippen molar-refractivity contribution in [3.8, 4) is 23.0 Å². The Morgan fingerprint density at radius 3 is 2.39 bits per heavy atom. The number of methoxy groups -OCH3 is 3. The fourth-order valence-corrected chi connectivity index (χ4v) is 2.86. The lowest BCUT2D eigenvalue weighted by Crippen LogP contribution is -2.08. The maximum absolute atomic E-state index is 12.4. The van der Waals surface area contributed by atoms with Gasteiger partial charge in [0.1, 0.15) is 12.4 Å². The van der Waals surface area contributed by atoms with Crippen LogP contribution in [0.3, 0.4) is 0 Å². The molecule has 0 aliphatic rings. The number of anilines is 1. The van der Waals surface area contributed by atoms with Gasteiger partial charge < -0.3 is 24.3 Å². The normalized spacial score (nSPS) is 10.5. The van der Waals surface area contributed by atoms with Gasteiger partial charge in [-0.15, -0.1) is 0 Å². The van der Waals surface area contributed by atoms with E-state index in [0.717, 1.165) is 11.3 Å². The van der Waals surface area contributed by atoms with Crippen molar-refractivity contribution in [1.29, 1.82) is 0 Å². The summed E-state index contributed by atoms with van der Waals surface area (Å²) in [5, 5.41) is 2.82. The molecule has 160 valence electrons. The van der Waals surface area contributed by atoms with Crippen molar-refractivity contribution in [3.63, 3.8) is 0 Å². The molecule has 0 aliphatic carbocycles. The van der Waals surface area contributed by atoms with Crippen LogP contribution in [-0.2, 0) is 11.4 Å². The summed E-state index contributed by atoms with van der Waals surface area (Å²) in [4.78, 5) is 16.6. The summed E-state index contributed by atoms with van der Waals surface area (Å²) in [5.74, 6) is 1.88. The van der Waals surface area contributed by atoms with E-state index in [9.17, 15) is 4.79 Å². The summed E-state index contributed by atoms with van der Waals surface area (Å²) in [6.45, 7) is 0.347. The molecule has 0 aliphatic heterocycles. The van der Waals surface area contributed by atoms with Gasteiger partial charge in [0, 0.05) is 24.0 Å². The van der Waals surface area contributed by atoms with Gasteiger partial charge in [0.15, 0.2) is 11.5 Å². The zero-order valence-electron chi connectivity index (χ0n) is 17.6. The Labute approximate surface area is 181 Å². The first-order chi connectivity index (χ1) is 15.1. The van der Waals surface area contributed by atoms with Crippen LogP contribution in [0.25, 0.3) is 6.08 Å². The van der Waals surface area contributed by atoms with Crippen LogP contribution in [0.15, 0.2) is 66.9 Å². The Hall–Kier alpha value is -4.00. The van der Waals surface area contributed by atoms with E-state index in [1.807, 2.05) is 30.3 Å². The average molecular weight is 420 g/mol. The molecule has 7 nitrogen and oxygen atoms in total. The van der Waals surface area contributed by atoms with E-state index < -0.39 is 0 Å². The van der Waals surface area contributed by atoms with E-state index >= 15 is 0 Å². The number of carbonyl (C=O) groups excluding carboxylic acids is 1. The minimum absolute atomic E-state index is 0.282. The smallest absolute Gasteiger partial charge is 0.248 e. The van der Waals surface area contributed by atoms with E-state index in [0.29, 0.717) is 35.3 Å². The van der Waals surface area contributed by atoms with Crippen molar-refractivity contribution in [2.45, 2.75) is 6.61 Å². The zero-order chi connectivity index (χ0) is 22.1. The minimum atomic E-state index is -0.282. The molecule has 2 aromatic carbocycles. The van der Waals surface area contributed by atoms with Crippen LogP contribution in [0.1, 0.15) is 11.3 Å². The number of hydrogen-bond donors (Lipinski definition) is 1. The van der Waals surface area contributed by atoms with Crippen LogP contribution >= 0.6 is 0 Å². The van der Waals surface area contributed by atoms with Crippen LogP contribution in [0.5, 0.6) is 23.0 Å². The number of carbonyl (C=O) groups is 1. The predicted molar refractivity (Wildman–Crippen MR) is 119 cm³/mol. The number of rotatable bonds is 9. The maximum atomic E-state index is 12.4. The van der Waals surface area contributed by atoms with Crippen molar-refractivity contribution in [3.05, 3.63) is 78.1 Å².